The van der Waals surface area contributed by atoms with E-state index in [1.807, 2.05) is 31.2 Å². The van der Waals surface area contributed by atoms with Crippen LogP contribution >= 0.6 is 0 Å². The van der Waals surface area contributed by atoms with E-state index in [-0.39, 0.29) is 12.5 Å². The van der Waals surface area contributed by atoms with Crippen LogP contribution in [0.5, 0.6) is 0 Å². The molecule has 0 aliphatic carbocycles. The Kier molecular flexibility index (Phi) is 3.83. The van der Waals surface area contributed by atoms with Crippen LogP contribution in [-0.4, -0.2) is 58.6 Å². The Hall–Kier alpha value is -2.37. The average molecular weight is 301 g/mol. The molecule has 0 aromatic heterocycles. The molecule has 1 fully saturated rings. The number of amides is 3. The SMILES string of the molecule is CCN1CCN(CC(=O)N2Cc3ccccc3C2)C(=O)C1=O. The molecule has 6 nitrogen and oxygen atoms in total. The fraction of sp³-hybridized carbons (Fsp3) is 0.438. The second-order valence-corrected chi connectivity index (χ2v) is 5.63. The lowest BCUT2D eigenvalue weighted by Gasteiger charge is -2.33. The van der Waals surface area contributed by atoms with E-state index in [4.69, 9.17) is 0 Å². The van der Waals surface area contributed by atoms with E-state index >= 15 is 0 Å². The summed E-state index contributed by atoms with van der Waals surface area (Å²) in [5.41, 5.74) is 2.29. The van der Waals surface area contributed by atoms with E-state index in [0.717, 1.165) is 11.1 Å². The highest BCUT2D eigenvalue weighted by Gasteiger charge is 2.34. The predicted octanol–water partition coefficient (Wildman–Crippen LogP) is 0.219. The van der Waals surface area contributed by atoms with Crippen LogP contribution in [0, 0.1) is 0 Å². The first-order valence-electron chi connectivity index (χ1n) is 7.53. The molecule has 2 heterocycles. The summed E-state index contributed by atoms with van der Waals surface area (Å²) in [6.07, 6.45) is 0. The van der Waals surface area contributed by atoms with Crippen LogP contribution in [0.3, 0.4) is 0 Å². The quantitative estimate of drug-likeness (QED) is 0.750. The zero-order chi connectivity index (χ0) is 15.7. The van der Waals surface area contributed by atoms with Gasteiger partial charge in [-0.3, -0.25) is 14.4 Å². The van der Waals surface area contributed by atoms with E-state index in [0.29, 0.717) is 32.7 Å². The van der Waals surface area contributed by atoms with Crippen molar-refractivity contribution in [3.63, 3.8) is 0 Å². The molecule has 1 aromatic carbocycles. The Morgan fingerprint density at radius 3 is 2.14 bits per heavy atom. The highest BCUT2D eigenvalue weighted by Crippen LogP contribution is 2.22. The molecule has 2 aliphatic rings. The standard InChI is InChI=1S/C16H19N3O3/c1-2-17-7-8-18(16(22)15(17)21)11-14(20)19-9-12-5-3-4-6-13(12)10-19/h3-6H,2,7-11H2,1H3. The second-order valence-electron chi connectivity index (χ2n) is 5.63. The zero-order valence-electron chi connectivity index (χ0n) is 12.6. The van der Waals surface area contributed by atoms with Gasteiger partial charge in [0.1, 0.15) is 6.54 Å². The Morgan fingerprint density at radius 2 is 1.55 bits per heavy atom. The number of rotatable bonds is 3. The van der Waals surface area contributed by atoms with Gasteiger partial charge in [-0.25, -0.2) is 0 Å². The number of hydrogen-bond acceptors (Lipinski definition) is 3. The maximum absolute atomic E-state index is 12.4. The molecule has 116 valence electrons. The molecular weight excluding hydrogens is 282 g/mol. The molecule has 3 amide bonds. The van der Waals surface area contributed by atoms with Crippen molar-refractivity contribution in [3.05, 3.63) is 35.4 Å². The van der Waals surface area contributed by atoms with Gasteiger partial charge in [-0.2, -0.15) is 0 Å². The number of nitrogens with zero attached hydrogens (tertiary/aromatic N) is 3. The van der Waals surface area contributed by atoms with Crippen molar-refractivity contribution in [1.82, 2.24) is 14.7 Å². The highest BCUT2D eigenvalue weighted by molar-refractivity contribution is 6.35. The number of carbonyl (C=O) groups excluding carboxylic acids is 3. The lowest BCUT2D eigenvalue weighted by atomic mass is 10.1. The first kappa shape index (κ1) is 14.6. The summed E-state index contributed by atoms with van der Waals surface area (Å²) >= 11 is 0. The molecule has 0 bridgehead atoms. The van der Waals surface area contributed by atoms with Gasteiger partial charge in [-0.15, -0.1) is 0 Å². The van der Waals surface area contributed by atoms with Gasteiger partial charge in [-0.1, -0.05) is 24.3 Å². The van der Waals surface area contributed by atoms with Crippen molar-refractivity contribution in [1.29, 1.82) is 0 Å². The molecule has 1 aromatic rings. The zero-order valence-corrected chi connectivity index (χ0v) is 12.6. The summed E-state index contributed by atoms with van der Waals surface area (Å²) in [4.78, 5) is 40.9. The molecule has 22 heavy (non-hydrogen) atoms. The first-order valence-corrected chi connectivity index (χ1v) is 7.53. The lowest BCUT2D eigenvalue weighted by Crippen LogP contribution is -2.56. The Labute approximate surface area is 129 Å². The van der Waals surface area contributed by atoms with Crippen LogP contribution in [0.4, 0.5) is 0 Å². The van der Waals surface area contributed by atoms with Gasteiger partial charge >= 0.3 is 11.8 Å². The molecule has 0 N–H and O–H groups in total. The van der Waals surface area contributed by atoms with E-state index < -0.39 is 11.8 Å². The van der Waals surface area contributed by atoms with Crippen LogP contribution in [-0.2, 0) is 27.5 Å². The predicted molar refractivity (Wildman–Crippen MR) is 79.5 cm³/mol. The largest absolute Gasteiger partial charge is 0.333 e. The van der Waals surface area contributed by atoms with Gasteiger partial charge in [0.2, 0.25) is 5.91 Å². The molecule has 2 aliphatic heterocycles. The molecular formula is C16H19N3O3. The van der Waals surface area contributed by atoms with Gasteiger partial charge in [0.15, 0.2) is 0 Å². The molecule has 0 atom stereocenters. The van der Waals surface area contributed by atoms with Crippen molar-refractivity contribution in [2.24, 2.45) is 0 Å². The first-order chi connectivity index (χ1) is 10.6. The number of hydrogen-bond donors (Lipinski definition) is 0. The Morgan fingerprint density at radius 1 is 1.00 bits per heavy atom. The van der Waals surface area contributed by atoms with Gasteiger partial charge < -0.3 is 14.7 Å². The molecule has 1 saturated heterocycles. The smallest absolute Gasteiger partial charge is 0.312 e. The maximum Gasteiger partial charge on any atom is 0.312 e. The second kappa shape index (κ2) is 5.79. The van der Waals surface area contributed by atoms with Crippen molar-refractivity contribution in [2.45, 2.75) is 20.0 Å². The normalized spacial score (nSPS) is 18.0. The van der Waals surface area contributed by atoms with E-state index in [1.165, 1.54) is 9.80 Å². The van der Waals surface area contributed by atoms with E-state index in [9.17, 15) is 14.4 Å². The third-order valence-electron chi connectivity index (χ3n) is 4.30. The maximum atomic E-state index is 12.4. The fourth-order valence-corrected chi connectivity index (χ4v) is 2.94. The van der Waals surface area contributed by atoms with Crippen LogP contribution in [0.15, 0.2) is 24.3 Å². The van der Waals surface area contributed by atoms with Gasteiger partial charge in [0.25, 0.3) is 0 Å². The summed E-state index contributed by atoms with van der Waals surface area (Å²) in [6.45, 7) is 4.41. The fourth-order valence-electron chi connectivity index (χ4n) is 2.94. The van der Waals surface area contributed by atoms with Crippen LogP contribution in [0.2, 0.25) is 0 Å². The topological polar surface area (TPSA) is 60.9 Å². The summed E-state index contributed by atoms with van der Waals surface area (Å²) in [5.74, 6) is -1.19. The average Bonchev–Trinajstić information content (AvgIpc) is 2.96. The number of fused-ring (bicyclic) bond motifs is 1. The summed E-state index contributed by atoms with van der Waals surface area (Å²) in [7, 11) is 0. The third kappa shape index (κ3) is 2.56. The number of benzene rings is 1. The van der Waals surface area contributed by atoms with Crippen LogP contribution in [0.1, 0.15) is 18.1 Å². The minimum Gasteiger partial charge on any atom is -0.333 e. The van der Waals surface area contributed by atoms with Crippen molar-refractivity contribution < 1.29 is 14.4 Å². The minimum atomic E-state index is -0.571. The number of likely N-dealkylation sites (N-methyl/N-ethyl adjacent to an activating group) is 1. The molecule has 0 saturated carbocycles. The van der Waals surface area contributed by atoms with Crippen molar-refractivity contribution >= 4 is 17.7 Å². The van der Waals surface area contributed by atoms with Crippen LogP contribution < -0.4 is 0 Å². The number of carbonyl (C=O) groups is 3. The van der Waals surface area contributed by atoms with Gasteiger partial charge in [0.05, 0.1) is 0 Å². The molecule has 3 rings (SSSR count). The van der Waals surface area contributed by atoms with Crippen molar-refractivity contribution in [2.75, 3.05) is 26.2 Å². The summed E-state index contributed by atoms with van der Waals surface area (Å²) < 4.78 is 0. The summed E-state index contributed by atoms with van der Waals surface area (Å²) in [6, 6.07) is 7.94. The number of piperazine rings is 1. The van der Waals surface area contributed by atoms with Crippen LogP contribution in [0.25, 0.3) is 0 Å². The molecule has 0 radical (unpaired) electrons. The highest BCUT2D eigenvalue weighted by atomic mass is 16.2. The molecule has 6 heteroatoms. The monoisotopic (exact) mass is 301 g/mol. The van der Waals surface area contributed by atoms with E-state index in [1.54, 1.807) is 4.90 Å². The minimum absolute atomic E-state index is 0.0177. The van der Waals surface area contributed by atoms with E-state index in [2.05, 4.69) is 0 Å². The Balaban J connectivity index is 1.62. The Bertz CT molecular complexity index is 604. The summed E-state index contributed by atoms with van der Waals surface area (Å²) in [5, 5.41) is 0. The van der Waals surface area contributed by atoms with Gasteiger partial charge in [-0.05, 0) is 18.1 Å². The molecule has 0 unspecified atom stereocenters. The molecule has 0 spiro atoms. The third-order valence-corrected chi connectivity index (χ3v) is 4.30. The lowest BCUT2D eigenvalue weighted by molar-refractivity contribution is -0.157. The van der Waals surface area contributed by atoms with Crippen molar-refractivity contribution in [3.8, 4) is 0 Å². The van der Waals surface area contributed by atoms with Gasteiger partial charge in [0, 0.05) is 32.7 Å².